The Bertz CT molecular complexity index is 315. The molecule has 0 amide bonds. The number of rotatable bonds is 5. The highest BCUT2D eigenvalue weighted by Gasteiger charge is 2.09. The van der Waals surface area contributed by atoms with Crippen LogP contribution in [-0.4, -0.2) is 24.0 Å². The fourth-order valence-corrected chi connectivity index (χ4v) is 1.21. The molecule has 0 N–H and O–H groups in total. The lowest BCUT2D eigenvalue weighted by atomic mass is 10.2. The van der Waals surface area contributed by atoms with Crippen LogP contribution in [-0.2, 0) is 4.74 Å². The van der Waals surface area contributed by atoms with E-state index in [1.54, 1.807) is 12.3 Å². The van der Waals surface area contributed by atoms with Crippen LogP contribution < -0.4 is 0 Å². The minimum Gasteiger partial charge on any atom is -0.373 e. The average Bonchev–Trinajstić information content (AvgIpc) is 2.18. The maximum atomic E-state index is 11.5. The third kappa shape index (κ3) is 3.09. The van der Waals surface area contributed by atoms with Crippen LogP contribution in [0.25, 0.3) is 0 Å². The van der Waals surface area contributed by atoms with E-state index in [4.69, 9.17) is 16.3 Å². The summed E-state index contributed by atoms with van der Waals surface area (Å²) in [5.41, 5.74) is 0.470. The van der Waals surface area contributed by atoms with Crippen molar-refractivity contribution in [3.63, 3.8) is 0 Å². The van der Waals surface area contributed by atoms with Gasteiger partial charge in [-0.25, -0.2) is 0 Å². The van der Waals surface area contributed by atoms with Crippen molar-refractivity contribution in [3.8, 4) is 0 Å². The molecule has 0 fully saturated rings. The summed E-state index contributed by atoms with van der Waals surface area (Å²) in [6.45, 7) is 2.66. The van der Waals surface area contributed by atoms with Gasteiger partial charge < -0.3 is 4.74 Å². The Hall–Kier alpha value is -0.930. The molecule has 0 atom stereocenters. The molecular weight excluding hydrogens is 202 g/mol. The van der Waals surface area contributed by atoms with Gasteiger partial charge in [0.05, 0.1) is 5.02 Å². The van der Waals surface area contributed by atoms with Gasteiger partial charge in [-0.1, -0.05) is 18.5 Å². The number of ether oxygens (including phenoxy) is 1. The highest BCUT2D eigenvalue weighted by atomic mass is 35.5. The smallest absolute Gasteiger partial charge is 0.190 e. The minimum atomic E-state index is -0.106. The lowest BCUT2D eigenvalue weighted by Gasteiger charge is -2.03. The van der Waals surface area contributed by atoms with Crippen LogP contribution in [0.5, 0.6) is 0 Å². The molecule has 1 heterocycles. The van der Waals surface area contributed by atoms with Crippen LogP contribution in [0.2, 0.25) is 5.02 Å². The Morgan fingerprint density at radius 3 is 3.07 bits per heavy atom. The number of carbonyl (C=O) groups is 1. The SMILES string of the molecule is CCCOCC(=O)c1ccncc1Cl. The zero-order valence-corrected chi connectivity index (χ0v) is 8.75. The second-order valence-corrected chi connectivity index (χ2v) is 3.24. The Kier molecular flexibility index (Phi) is 4.56. The van der Waals surface area contributed by atoms with Gasteiger partial charge in [-0.15, -0.1) is 0 Å². The van der Waals surface area contributed by atoms with Crippen LogP contribution in [0, 0.1) is 0 Å². The predicted octanol–water partition coefficient (Wildman–Crippen LogP) is 2.34. The molecule has 0 saturated heterocycles. The Balaban J connectivity index is 2.56. The first kappa shape index (κ1) is 11.1. The standard InChI is InChI=1S/C10H12ClNO2/c1-2-5-14-7-10(13)8-3-4-12-6-9(8)11/h3-4,6H,2,5,7H2,1H3. The highest BCUT2D eigenvalue weighted by Crippen LogP contribution is 2.13. The summed E-state index contributed by atoms with van der Waals surface area (Å²) >= 11 is 5.79. The zero-order valence-electron chi connectivity index (χ0n) is 8.00. The summed E-state index contributed by atoms with van der Waals surface area (Å²) in [4.78, 5) is 15.3. The third-order valence-corrected chi connectivity index (χ3v) is 1.96. The Morgan fingerprint density at radius 1 is 1.64 bits per heavy atom. The molecule has 0 spiro atoms. The lowest BCUT2D eigenvalue weighted by Crippen LogP contribution is -2.10. The number of hydrogen-bond acceptors (Lipinski definition) is 3. The Labute approximate surface area is 88.1 Å². The van der Waals surface area contributed by atoms with Gasteiger partial charge in [-0.3, -0.25) is 9.78 Å². The molecule has 1 aromatic heterocycles. The van der Waals surface area contributed by atoms with Crippen molar-refractivity contribution >= 4 is 17.4 Å². The number of aromatic nitrogens is 1. The molecule has 0 unspecified atom stereocenters. The van der Waals surface area contributed by atoms with Crippen LogP contribution in [0.1, 0.15) is 23.7 Å². The molecule has 0 radical (unpaired) electrons. The normalized spacial score (nSPS) is 10.1. The molecule has 14 heavy (non-hydrogen) atoms. The number of halogens is 1. The molecule has 0 aliphatic rings. The van der Waals surface area contributed by atoms with E-state index in [-0.39, 0.29) is 12.4 Å². The number of hydrogen-bond donors (Lipinski definition) is 0. The van der Waals surface area contributed by atoms with E-state index in [0.717, 1.165) is 6.42 Å². The first-order chi connectivity index (χ1) is 6.75. The van der Waals surface area contributed by atoms with Gasteiger partial charge >= 0.3 is 0 Å². The number of Topliss-reactive ketones (excluding diaryl/α,β-unsaturated/α-hetero) is 1. The molecule has 1 rings (SSSR count). The molecule has 0 aliphatic carbocycles. The summed E-state index contributed by atoms with van der Waals surface area (Å²) in [6, 6.07) is 1.60. The molecule has 0 saturated carbocycles. The van der Waals surface area contributed by atoms with Crippen molar-refractivity contribution in [2.75, 3.05) is 13.2 Å². The first-order valence-electron chi connectivity index (χ1n) is 4.46. The molecule has 0 aliphatic heterocycles. The second-order valence-electron chi connectivity index (χ2n) is 2.83. The van der Waals surface area contributed by atoms with Gasteiger partial charge in [-0.05, 0) is 12.5 Å². The summed E-state index contributed by atoms with van der Waals surface area (Å²) in [6.07, 6.45) is 3.89. The molecule has 0 aromatic carbocycles. The van der Waals surface area contributed by atoms with Gasteiger partial charge in [0.1, 0.15) is 6.61 Å². The van der Waals surface area contributed by atoms with Crippen LogP contribution in [0.3, 0.4) is 0 Å². The summed E-state index contributed by atoms with van der Waals surface area (Å²) in [7, 11) is 0. The quantitative estimate of drug-likeness (QED) is 0.557. The van der Waals surface area contributed by atoms with Crippen LogP contribution in [0.4, 0.5) is 0 Å². The van der Waals surface area contributed by atoms with E-state index in [9.17, 15) is 4.79 Å². The number of nitrogens with zero attached hydrogens (tertiary/aromatic N) is 1. The molecule has 3 nitrogen and oxygen atoms in total. The number of carbonyl (C=O) groups excluding carboxylic acids is 1. The van der Waals surface area contributed by atoms with E-state index in [1.165, 1.54) is 6.20 Å². The van der Waals surface area contributed by atoms with Gasteiger partial charge in [-0.2, -0.15) is 0 Å². The van der Waals surface area contributed by atoms with Gasteiger partial charge in [0.25, 0.3) is 0 Å². The molecule has 1 aromatic rings. The van der Waals surface area contributed by atoms with E-state index >= 15 is 0 Å². The fourth-order valence-electron chi connectivity index (χ4n) is 0.988. The lowest BCUT2D eigenvalue weighted by molar-refractivity contribution is 0.0761. The first-order valence-corrected chi connectivity index (χ1v) is 4.84. The minimum absolute atomic E-state index is 0.0809. The molecule has 0 bridgehead atoms. The largest absolute Gasteiger partial charge is 0.373 e. The average molecular weight is 214 g/mol. The van der Waals surface area contributed by atoms with Gasteiger partial charge in [0.2, 0.25) is 0 Å². The molecule has 76 valence electrons. The van der Waals surface area contributed by atoms with Crippen LogP contribution in [0.15, 0.2) is 18.5 Å². The van der Waals surface area contributed by atoms with Crippen LogP contribution >= 0.6 is 11.6 Å². The van der Waals surface area contributed by atoms with Crippen molar-refractivity contribution in [2.45, 2.75) is 13.3 Å². The Morgan fingerprint density at radius 2 is 2.43 bits per heavy atom. The van der Waals surface area contributed by atoms with Crippen molar-refractivity contribution in [1.82, 2.24) is 4.98 Å². The van der Waals surface area contributed by atoms with E-state index in [1.807, 2.05) is 6.92 Å². The van der Waals surface area contributed by atoms with E-state index < -0.39 is 0 Å². The van der Waals surface area contributed by atoms with Gasteiger partial charge in [0.15, 0.2) is 5.78 Å². The van der Waals surface area contributed by atoms with Crippen molar-refractivity contribution in [2.24, 2.45) is 0 Å². The third-order valence-electron chi connectivity index (χ3n) is 1.65. The molecule has 4 heteroatoms. The summed E-state index contributed by atoms with van der Waals surface area (Å²) in [5.74, 6) is -0.106. The predicted molar refractivity (Wildman–Crippen MR) is 54.7 cm³/mol. The second kappa shape index (κ2) is 5.73. The van der Waals surface area contributed by atoms with E-state index in [0.29, 0.717) is 17.2 Å². The number of ketones is 1. The topological polar surface area (TPSA) is 39.2 Å². The zero-order chi connectivity index (χ0) is 10.4. The molecular formula is C10H12ClNO2. The maximum Gasteiger partial charge on any atom is 0.190 e. The highest BCUT2D eigenvalue weighted by molar-refractivity contribution is 6.33. The van der Waals surface area contributed by atoms with Crippen molar-refractivity contribution in [3.05, 3.63) is 29.0 Å². The number of pyridine rings is 1. The monoisotopic (exact) mass is 213 g/mol. The van der Waals surface area contributed by atoms with Crippen molar-refractivity contribution < 1.29 is 9.53 Å². The summed E-state index contributed by atoms with van der Waals surface area (Å²) in [5, 5.41) is 0.373. The van der Waals surface area contributed by atoms with Gasteiger partial charge in [0, 0.05) is 24.6 Å². The van der Waals surface area contributed by atoms with E-state index in [2.05, 4.69) is 4.98 Å². The summed E-state index contributed by atoms with van der Waals surface area (Å²) < 4.78 is 5.13. The fraction of sp³-hybridized carbons (Fsp3) is 0.400. The maximum absolute atomic E-state index is 11.5. The van der Waals surface area contributed by atoms with Crippen molar-refractivity contribution in [1.29, 1.82) is 0 Å².